The number of halogens is 2. The lowest BCUT2D eigenvalue weighted by Gasteiger charge is -2.33. The molecule has 0 radical (unpaired) electrons. The highest BCUT2D eigenvalue weighted by Crippen LogP contribution is 2.26. The number of aryl methyl sites for hydroxylation is 1. The quantitative estimate of drug-likeness (QED) is 0.287. The van der Waals surface area contributed by atoms with E-state index in [1.54, 1.807) is 67.6 Å². The van der Waals surface area contributed by atoms with Crippen LogP contribution in [-0.4, -0.2) is 43.8 Å². The Kier molecular flexibility index (Phi) is 10.3. The molecule has 4 rings (SSSR count). The molecule has 218 valence electrons. The highest BCUT2D eigenvalue weighted by molar-refractivity contribution is 7.92. The molecule has 41 heavy (non-hydrogen) atoms. The largest absolute Gasteiger partial charge is 0.352 e. The topological polar surface area (TPSA) is 86.8 Å². The fourth-order valence-electron chi connectivity index (χ4n) is 4.91. The maximum absolute atomic E-state index is 14.0. The van der Waals surface area contributed by atoms with Gasteiger partial charge in [-0.05, 0) is 80.8 Å². The maximum atomic E-state index is 14.0. The first-order chi connectivity index (χ1) is 19.5. The molecule has 1 N–H and O–H groups in total. The molecule has 0 heterocycles. The minimum Gasteiger partial charge on any atom is -0.352 e. The van der Waals surface area contributed by atoms with Crippen molar-refractivity contribution in [2.45, 2.75) is 69.5 Å². The van der Waals surface area contributed by atoms with E-state index in [1.807, 2.05) is 6.92 Å². The lowest BCUT2D eigenvalue weighted by molar-refractivity contribution is -0.139. The van der Waals surface area contributed by atoms with Gasteiger partial charge in [-0.3, -0.25) is 13.9 Å². The summed E-state index contributed by atoms with van der Waals surface area (Å²) in [5.41, 5.74) is 1.96. The summed E-state index contributed by atoms with van der Waals surface area (Å²) in [5, 5.41) is 4.09. The van der Waals surface area contributed by atoms with Crippen molar-refractivity contribution in [3.63, 3.8) is 0 Å². The number of hydrogen-bond acceptors (Lipinski definition) is 4. The first kappa shape index (κ1) is 30.9. The fraction of sp³-hybridized carbons (Fsp3) is 0.355. The van der Waals surface area contributed by atoms with Crippen LogP contribution in [-0.2, 0) is 26.2 Å². The molecule has 0 unspecified atom stereocenters. The van der Waals surface area contributed by atoms with Crippen molar-refractivity contribution in [1.29, 1.82) is 0 Å². The second-order valence-electron chi connectivity index (χ2n) is 10.5. The Balaban J connectivity index is 1.66. The Morgan fingerprint density at radius 1 is 0.878 bits per heavy atom. The third kappa shape index (κ3) is 8.03. The minimum absolute atomic E-state index is 0.0539. The van der Waals surface area contributed by atoms with Crippen LogP contribution in [0.15, 0.2) is 77.7 Å². The van der Waals surface area contributed by atoms with E-state index in [-0.39, 0.29) is 29.1 Å². The Morgan fingerprint density at radius 3 is 2.02 bits per heavy atom. The van der Waals surface area contributed by atoms with Crippen LogP contribution in [0.1, 0.15) is 50.2 Å². The molecule has 0 bridgehead atoms. The number of amides is 2. The van der Waals surface area contributed by atoms with E-state index in [2.05, 4.69) is 5.32 Å². The summed E-state index contributed by atoms with van der Waals surface area (Å²) in [6.07, 6.45) is 5.07. The van der Waals surface area contributed by atoms with Crippen molar-refractivity contribution in [3.05, 3.63) is 94.0 Å². The van der Waals surface area contributed by atoms with E-state index >= 15 is 0 Å². The minimum atomic E-state index is -4.13. The Morgan fingerprint density at radius 2 is 1.44 bits per heavy atom. The Labute approximate surface area is 252 Å². The molecule has 1 aliphatic rings. The molecule has 1 aliphatic carbocycles. The van der Waals surface area contributed by atoms with Gasteiger partial charge in [0.2, 0.25) is 11.8 Å². The summed E-state index contributed by atoms with van der Waals surface area (Å²) in [7, 11) is -4.13. The third-order valence-electron chi connectivity index (χ3n) is 7.39. The number of nitrogens with one attached hydrogen (secondary N) is 1. The lowest BCUT2D eigenvalue weighted by Crippen LogP contribution is -2.53. The van der Waals surface area contributed by atoms with Gasteiger partial charge in [0, 0.05) is 22.6 Å². The van der Waals surface area contributed by atoms with E-state index in [4.69, 9.17) is 23.2 Å². The monoisotopic (exact) mass is 615 g/mol. The molecule has 3 aromatic rings. The molecular formula is C31H35Cl2N3O4S. The summed E-state index contributed by atoms with van der Waals surface area (Å²) in [5.74, 6) is -0.782. The summed E-state index contributed by atoms with van der Waals surface area (Å²) in [6.45, 7) is 3.14. The summed E-state index contributed by atoms with van der Waals surface area (Å²) >= 11 is 12.2. The molecule has 1 atom stereocenters. The first-order valence-electron chi connectivity index (χ1n) is 13.7. The number of nitrogens with zero attached hydrogens (tertiary/aromatic N) is 2. The number of sulfonamides is 1. The van der Waals surface area contributed by atoms with E-state index in [0.29, 0.717) is 10.0 Å². The van der Waals surface area contributed by atoms with Crippen LogP contribution in [0.5, 0.6) is 0 Å². The fourth-order valence-corrected chi connectivity index (χ4v) is 6.58. The van der Waals surface area contributed by atoms with Crippen molar-refractivity contribution < 1.29 is 18.0 Å². The molecular weight excluding hydrogens is 581 g/mol. The average molecular weight is 617 g/mol. The zero-order valence-corrected chi connectivity index (χ0v) is 25.6. The predicted octanol–water partition coefficient (Wildman–Crippen LogP) is 6.36. The molecule has 0 spiro atoms. The van der Waals surface area contributed by atoms with Crippen LogP contribution in [0.3, 0.4) is 0 Å². The average Bonchev–Trinajstić information content (AvgIpc) is 2.96. The van der Waals surface area contributed by atoms with Crippen LogP contribution >= 0.6 is 23.2 Å². The predicted molar refractivity (Wildman–Crippen MR) is 164 cm³/mol. The van der Waals surface area contributed by atoms with E-state index in [1.165, 1.54) is 17.0 Å². The van der Waals surface area contributed by atoms with Gasteiger partial charge in [0.1, 0.15) is 12.6 Å². The van der Waals surface area contributed by atoms with Gasteiger partial charge in [-0.25, -0.2) is 8.42 Å². The molecule has 10 heteroatoms. The summed E-state index contributed by atoms with van der Waals surface area (Å²) in [4.78, 5) is 28.9. The Hall–Kier alpha value is -3.07. The second-order valence-corrected chi connectivity index (χ2v) is 13.2. The smallest absolute Gasteiger partial charge is 0.264 e. The SMILES string of the molecule is Cc1ccc(S(=O)(=O)N(CC(=O)N(Cc2ccc(Cl)cc2)[C@@H](C)C(=O)NC2CCCCC2)c2ccc(Cl)cc2)cc1. The number of anilines is 1. The summed E-state index contributed by atoms with van der Waals surface area (Å²) in [6, 6.07) is 19.0. The van der Waals surface area contributed by atoms with Crippen LogP contribution < -0.4 is 9.62 Å². The molecule has 0 aliphatic heterocycles. The van der Waals surface area contributed by atoms with Gasteiger partial charge in [0.05, 0.1) is 10.6 Å². The number of carbonyl (C=O) groups is 2. The van der Waals surface area contributed by atoms with Crippen molar-refractivity contribution in [2.24, 2.45) is 0 Å². The van der Waals surface area contributed by atoms with Gasteiger partial charge in [-0.1, -0.05) is 72.3 Å². The molecule has 3 aromatic carbocycles. The molecule has 0 saturated heterocycles. The maximum Gasteiger partial charge on any atom is 0.264 e. The highest BCUT2D eigenvalue weighted by Gasteiger charge is 2.33. The number of rotatable bonds is 10. The Bertz CT molecular complexity index is 1440. The second kappa shape index (κ2) is 13.7. The van der Waals surface area contributed by atoms with Crippen molar-refractivity contribution in [1.82, 2.24) is 10.2 Å². The molecule has 2 amide bonds. The van der Waals surface area contributed by atoms with E-state index < -0.39 is 28.5 Å². The molecule has 7 nitrogen and oxygen atoms in total. The van der Waals surface area contributed by atoms with Crippen LogP contribution in [0.4, 0.5) is 5.69 Å². The van der Waals surface area contributed by atoms with Gasteiger partial charge in [-0.15, -0.1) is 0 Å². The number of hydrogen-bond donors (Lipinski definition) is 1. The van der Waals surface area contributed by atoms with Crippen molar-refractivity contribution >= 4 is 50.7 Å². The third-order valence-corrected chi connectivity index (χ3v) is 9.68. The lowest BCUT2D eigenvalue weighted by atomic mass is 9.95. The molecule has 1 saturated carbocycles. The number of benzene rings is 3. The number of carbonyl (C=O) groups excluding carboxylic acids is 2. The van der Waals surface area contributed by atoms with Crippen LogP contribution in [0.2, 0.25) is 10.0 Å². The van der Waals surface area contributed by atoms with Gasteiger partial charge in [0.15, 0.2) is 0 Å². The van der Waals surface area contributed by atoms with Crippen molar-refractivity contribution in [2.75, 3.05) is 10.8 Å². The highest BCUT2D eigenvalue weighted by atomic mass is 35.5. The van der Waals surface area contributed by atoms with Crippen molar-refractivity contribution in [3.8, 4) is 0 Å². The van der Waals surface area contributed by atoms with Crippen LogP contribution in [0, 0.1) is 6.92 Å². The normalized spacial score (nSPS) is 14.7. The van der Waals surface area contributed by atoms with Crippen LogP contribution in [0.25, 0.3) is 0 Å². The van der Waals surface area contributed by atoms with Gasteiger partial charge in [0.25, 0.3) is 10.0 Å². The first-order valence-corrected chi connectivity index (χ1v) is 15.9. The van der Waals surface area contributed by atoms with Gasteiger partial charge in [-0.2, -0.15) is 0 Å². The van der Waals surface area contributed by atoms with E-state index in [9.17, 15) is 18.0 Å². The molecule has 0 aromatic heterocycles. The standard InChI is InChI=1S/C31H35Cl2N3O4S/c1-22-8-18-29(19-9-22)41(39,40)36(28-16-14-26(33)15-17-28)21-30(37)35(20-24-10-12-25(32)13-11-24)23(2)31(38)34-27-6-4-3-5-7-27/h8-19,23,27H,3-7,20-21H2,1-2H3,(H,34,38)/t23-/m0/s1. The zero-order chi connectivity index (χ0) is 29.6. The summed E-state index contributed by atoms with van der Waals surface area (Å²) < 4.78 is 28.8. The zero-order valence-electron chi connectivity index (χ0n) is 23.2. The van der Waals surface area contributed by atoms with Gasteiger partial charge >= 0.3 is 0 Å². The van der Waals surface area contributed by atoms with E-state index in [0.717, 1.165) is 47.5 Å². The van der Waals surface area contributed by atoms with Gasteiger partial charge < -0.3 is 10.2 Å². The molecule has 1 fully saturated rings.